The minimum atomic E-state index is 0.210. The van der Waals surface area contributed by atoms with E-state index in [9.17, 15) is 0 Å². The van der Waals surface area contributed by atoms with Gasteiger partial charge in [0, 0.05) is 65.4 Å². The van der Waals surface area contributed by atoms with E-state index in [1.54, 1.807) is 0 Å². The van der Waals surface area contributed by atoms with Crippen LogP contribution in [0, 0.1) is 0 Å². The molecule has 0 aromatic rings. The Morgan fingerprint density at radius 3 is 1.50 bits per heavy atom. The van der Waals surface area contributed by atoms with Crippen molar-refractivity contribution < 1.29 is 10.2 Å². The van der Waals surface area contributed by atoms with Gasteiger partial charge < -0.3 is 20.8 Å². The van der Waals surface area contributed by atoms with Gasteiger partial charge in [0.25, 0.3) is 0 Å². The zero-order valence-corrected chi connectivity index (χ0v) is 11.3. The predicted octanol–water partition coefficient (Wildman–Crippen LogP) is -2.23. The molecule has 6 nitrogen and oxygen atoms in total. The van der Waals surface area contributed by atoms with Gasteiger partial charge in [-0.05, 0) is 0 Å². The van der Waals surface area contributed by atoms with Crippen molar-refractivity contribution in [2.45, 2.75) is 0 Å². The number of nitrogens with one attached hydrogen (secondary N) is 2. The molecule has 6 heteroatoms. The van der Waals surface area contributed by atoms with E-state index in [-0.39, 0.29) is 13.2 Å². The number of β-amino-alcohol motifs (C(OH)–C–C–N with tert-alkyl or cyclic N) is 2. The fraction of sp³-hybridized carbons (Fsp3) is 1.00. The summed E-state index contributed by atoms with van der Waals surface area (Å²) in [7, 11) is 0. The van der Waals surface area contributed by atoms with Gasteiger partial charge >= 0.3 is 0 Å². The lowest BCUT2D eigenvalue weighted by Gasteiger charge is -2.28. The Labute approximate surface area is 110 Å². The number of aliphatic hydroxyl groups is 2. The van der Waals surface area contributed by atoms with Gasteiger partial charge in [-0.1, -0.05) is 0 Å². The fourth-order valence-electron chi connectivity index (χ4n) is 2.14. The van der Waals surface area contributed by atoms with E-state index < -0.39 is 0 Å². The van der Waals surface area contributed by atoms with Gasteiger partial charge in [0.05, 0.1) is 13.2 Å². The first-order chi connectivity index (χ1) is 8.86. The maximum atomic E-state index is 9.05. The molecule has 1 heterocycles. The molecule has 0 amide bonds. The standard InChI is InChI=1S/C12H28N4O2/c17-11-9-15-5-3-13-1-2-14-4-6-16(8-7-15)10-12-18/h13-14,17-18H,1-12H2. The van der Waals surface area contributed by atoms with Crippen LogP contribution >= 0.6 is 0 Å². The maximum absolute atomic E-state index is 9.05. The average Bonchev–Trinajstić information content (AvgIpc) is 2.36. The van der Waals surface area contributed by atoms with Crippen molar-refractivity contribution in [1.82, 2.24) is 20.4 Å². The second kappa shape index (κ2) is 10.7. The van der Waals surface area contributed by atoms with Crippen molar-refractivity contribution in [1.29, 1.82) is 0 Å². The third kappa shape index (κ3) is 7.25. The van der Waals surface area contributed by atoms with Crippen molar-refractivity contribution in [3.63, 3.8) is 0 Å². The summed E-state index contributed by atoms with van der Waals surface area (Å²) in [5.74, 6) is 0. The quantitative estimate of drug-likeness (QED) is 0.459. The van der Waals surface area contributed by atoms with Crippen molar-refractivity contribution in [3.8, 4) is 0 Å². The highest BCUT2D eigenvalue weighted by molar-refractivity contribution is 4.67. The first kappa shape index (κ1) is 15.8. The Morgan fingerprint density at radius 1 is 0.667 bits per heavy atom. The minimum Gasteiger partial charge on any atom is -0.395 e. The lowest BCUT2D eigenvalue weighted by molar-refractivity contribution is 0.150. The van der Waals surface area contributed by atoms with E-state index in [0.29, 0.717) is 0 Å². The summed E-state index contributed by atoms with van der Waals surface area (Å²) in [6.07, 6.45) is 0. The molecule has 4 N–H and O–H groups in total. The van der Waals surface area contributed by atoms with Crippen LogP contribution in [0.4, 0.5) is 0 Å². The van der Waals surface area contributed by atoms with Gasteiger partial charge in [0.2, 0.25) is 0 Å². The molecule has 1 aliphatic heterocycles. The van der Waals surface area contributed by atoms with Crippen molar-refractivity contribution >= 4 is 0 Å². The summed E-state index contributed by atoms with van der Waals surface area (Å²) in [6, 6.07) is 0. The van der Waals surface area contributed by atoms with E-state index in [0.717, 1.165) is 65.4 Å². The molecule has 0 aromatic heterocycles. The summed E-state index contributed by atoms with van der Waals surface area (Å²) >= 11 is 0. The van der Waals surface area contributed by atoms with Gasteiger partial charge in [0.15, 0.2) is 0 Å². The molecule has 1 saturated heterocycles. The lowest BCUT2D eigenvalue weighted by atomic mass is 10.3. The number of aliphatic hydroxyl groups excluding tert-OH is 2. The number of hydrogen-bond acceptors (Lipinski definition) is 6. The van der Waals surface area contributed by atoms with Crippen LogP contribution in [0.1, 0.15) is 0 Å². The highest BCUT2D eigenvalue weighted by Crippen LogP contribution is 1.93. The molecule has 0 unspecified atom stereocenters. The molecular weight excluding hydrogens is 232 g/mol. The highest BCUT2D eigenvalue weighted by atomic mass is 16.3. The summed E-state index contributed by atoms with van der Waals surface area (Å²) in [4.78, 5) is 4.54. The third-order valence-corrected chi connectivity index (χ3v) is 3.25. The smallest absolute Gasteiger partial charge is 0.0558 e. The molecule has 0 aromatic carbocycles. The van der Waals surface area contributed by atoms with Gasteiger partial charge in [-0.25, -0.2) is 0 Å². The average molecular weight is 260 g/mol. The lowest BCUT2D eigenvalue weighted by Crippen LogP contribution is -2.44. The van der Waals surface area contributed by atoms with Crippen LogP contribution in [0.15, 0.2) is 0 Å². The molecule has 1 aliphatic rings. The molecule has 0 spiro atoms. The van der Waals surface area contributed by atoms with Crippen LogP contribution in [0.3, 0.4) is 0 Å². The summed E-state index contributed by atoms with van der Waals surface area (Å²) < 4.78 is 0. The molecule has 0 saturated carbocycles. The molecule has 1 fully saturated rings. The van der Waals surface area contributed by atoms with Crippen LogP contribution in [0.5, 0.6) is 0 Å². The zero-order chi connectivity index (χ0) is 13.1. The van der Waals surface area contributed by atoms with Crippen LogP contribution < -0.4 is 10.6 Å². The molecule has 0 atom stereocenters. The molecule has 0 radical (unpaired) electrons. The topological polar surface area (TPSA) is 71.0 Å². The highest BCUT2D eigenvalue weighted by Gasteiger charge is 2.09. The monoisotopic (exact) mass is 260 g/mol. The van der Waals surface area contributed by atoms with E-state index in [1.807, 2.05) is 0 Å². The molecule has 0 bridgehead atoms. The Balaban J connectivity index is 2.38. The SMILES string of the molecule is OCCN1CCNCCNCCN(CCO)CC1. The van der Waals surface area contributed by atoms with Crippen LogP contribution in [0.2, 0.25) is 0 Å². The first-order valence-corrected chi connectivity index (χ1v) is 6.94. The second-order valence-electron chi connectivity index (χ2n) is 4.63. The Bertz CT molecular complexity index is 175. The van der Waals surface area contributed by atoms with Crippen molar-refractivity contribution in [2.75, 3.05) is 78.7 Å². The van der Waals surface area contributed by atoms with Gasteiger partial charge in [-0.15, -0.1) is 0 Å². The Morgan fingerprint density at radius 2 is 1.11 bits per heavy atom. The van der Waals surface area contributed by atoms with Crippen LogP contribution in [-0.4, -0.2) is 98.7 Å². The Kier molecular flexibility index (Phi) is 9.37. The molecule has 1 rings (SSSR count). The largest absolute Gasteiger partial charge is 0.395 e. The number of nitrogens with zero attached hydrogens (tertiary/aromatic N) is 2. The van der Waals surface area contributed by atoms with E-state index in [4.69, 9.17) is 10.2 Å². The number of rotatable bonds is 4. The normalized spacial score (nSPS) is 22.3. The van der Waals surface area contributed by atoms with Crippen LogP contribution in [0.25, 0.3) is 0 Å². The van der Waals surface area contributed by atoms with E-state index in [2.05, 4.69) is 20.4 Å². The summed E-state index contributed by atoms with van der Waals surface area (Å²) in [5, 5.41) is 24.9. The fourth-order valence-corrected chi connectivity index (χ4v) is 2.14. The second-order valence-corrected chi connectivity index (χ2v) is 4.63. The Hall–Kier alpha value is -0.240. The molecule has 18 heavy (non-hydrogen) atoms. The van der Waals surface area contributed by atoms with E-state index in [1.165, 1.54) is 0 Å². The maximum Gasteiger partial charge on any atom is 0.0558 e. The minimum absolute atomic E-state index is 0.210. The zero-order valence-electron chi connectivity index (χ0n) is 11.3. The third-order valence-electron chi connectivity index (χ3n) is 3.25. The van der Waals surface area contributed by atoms with E-state index >= 15 is 0 Å². The first-order valence-electron chi connectivity index (χ1n) is 6.94. The van der Waals surface area contributed by atoms with Crippen LogP contribution in [-0.2, 0) is 0 Å². The molecular formula is C12H28N4O2. The molecule has 0 aliphatic carbocycles. The summed E-state index contributed by atoms with van der Waals surface area (Å²) in [6.45, 7) is 9.58. The number of hydrogen-bond donors (Lipinski definition) is 4. The van der Waals surface area contributed by atoms with Gasteiger partial charge in [-0.3, -0.25) is 9.80 Å². The van der Waals surface area contributed by atoms with Crippen molar-refractivity contribution in [3.05, 3.63) is 0 Å². The summed E-state index contributed by atoms with van der Waals surface area (Å²) in [5.41, 5.74) is 0. The van der Waals surface area contributed by atoms with Gasteiger partial charge in [0.1, 0.15) is 0 Å². The van der Waals surface area contributed by atoms with Crippen molar-refractivity contribution in [2.24, 2.45) is 0 Å². The molecule has 108 valence electrons. The predicted molar refractivity (Wildman–Crippen MR) is 72.8 cm³/mol. The van der Waals surface area contributed by atoms with Gasteiger partial charge in [-0.2, -0.15) is 0 Å².